The maximum atomic E-state index is 12.8. The van der Waals surface area contributed by atoms with E-state index in [2.05, 4.69) is 9.88 Å². The summed E-state index contributed by atoms with van der Waals surface area (Å²) in [4.78, 5) is 17.5. The van der Waals surface area contributed by atoms with Crippen LogP contribution < -0.4 is 4.74 Å². The highest BCUT2D eigenvalue weighted by Crippen LogP contribution is 2.69. The first kappa shape index (κ1) is 19.2. The number of benzene rings is 2. The Morgan fingerprint density at radius 1 is 1.26 bits per heavy atom. The Kier molecular flexibility index (Phi) is 3.35. The second-order valence-corrected chi connectivity index (χ2v) is 10.9. The number of phenolic OH excluding ortho intramolecular Hbond substituents is 1. The molecule has 1 saturated heterocycles. The standard InChI is InChI=1S/C26H25N3O5/c30-18-7-6-14-10-19-26(31)11-15-20-16(2-1-3-17(20)29(32)33)27-22(15)24-25(26,21(14)23(18)34-24)8-9-28(19)12-13-4-5-13/h1-3,6-7,13,19,24,27,30-31H,4-5,8-12H2/t19-,24-,25-,26+/m0/s1. The minimum Gasteiger partial charge on any atom is -0.504 e. The quantitative estimate of drug-likeness (QED) is 0.408. The van der Waals surface area contributed by atoms with Crippen molar-refractivity contribution in [2.24, 2.45) is 5.92 Å². The first-order valence-electron chi connectivity index (χ1n) is 12.2. The molecular formula is C26H25N3O5. The van der Waals surface area contributed by atoms with Crippen molar-refractivity contribution >= 4 is 16.6 Å². The molecule has 0 radical (unpaired) electrons. The van der Waals surface area contributed by atoms with Crippen LogP contribution in [0.2, 0.25) is 0 Å². The number of aromatic hydroxyl groups is 1. The number of aromatic amines is 1. The van der Waals surface area contributed by atoms with E-state index in [-0.39, 0.29) is 22.4 Å². The number of nitrogens with zero attached hydrogens (tertiary/aromatic N) is 2. The molecule has 1 saturated carbocycles. The number of fused-ring (bicyclic) bond motifs is 4. The summed E-state index contributed by atoms with van der Waals surface area (Å²) in [5.41, 5.74) is 2.55. The molecule has 5 aliphatic rings. The second-order valence-electron chi connectivity index (χ2n) is 10.9. The molecule has 3 aliphatic carbocycles. The Morgan fingerprint density at radius 3 is 2.91 bits per heavy atom. The fourth-order valence-corrected chi connectivity index (χ4v) is 7.82. The van der Waals surface area contributed by atoms with E-state index in [9.17, 15) is 20.3 Å². The predicted molar refractivity (Wildman–Crippen MR) is 123 cm³/mol. The van der Waals surface area contributed by atoms with Crippen molar-refractivity contribution in [2.45, 2.75) is 55.3 Å². The van der Waals surface area contributed by atoms with E-state index >= 15 is 0 Å². The molecule has 3 heterocycles. The van der Waals surface area contributed by atoms with E-state index < -0.39 is 17.1 Å². The van der Waals surface area contributed by atoms with Gasteiger partial charge < -0.3 is 19.9 Å². The summed E-state index contributed by atoms with van der Waals surface area (Å²) in [6.45, 7) is 1.85. The van der Waals surface area contributed by atoms with Crippen LogP contribution in [0, 0.1) is 16.0 Å². The number of nitro benzene ring substituents is 1. The van der Waals surface area contributed by atoms with Crippen molar-refractivity contribution in [3.8, 4) is 11.5 Å². The molecule has 0 unspecified atom stereocenters. The van der Waals surface area contributed by atoms with E-state index in [4.69, 9.17) is 4.74 Å². The molecular weight excluding hydrogens is 434 g/mol. The predicted octanol–water partition coefficient (Wildman–Crippen LogP) is 3.48. The van der Waals surface area contributed by atoms with Crippen LogP contribution >= 0.6 is 0 Å². The van der Waals surface area contributed by atoms with E-state index in [0.29, 0.717) is 35.4 Å². The lowest BCUT2D eigenvalue weighted by Crippen LogP contribution is -2.74. The minimum atomic E-state index is -1.15. The fourth-order valence-electron chi connectivity index (χ4n) is 7.82. The number of hydrogen-bond acceptors (Lipinski definition) is 6. The average molecular weight is 460 g/mol. The Bertz CT molecular complexity index is 1430. The molecule has 3 aromatic rings. The number of likely N-dealkylation sites (tertiary alicyclic amines) is 1. The summed E-state index contributed by atoms with van der Waals surface area (Å²) in [5, 5.41) is 36.0. The molecule has 8 rings (SSSR count). The number of non-ortho nitro benzene ring substituents is 1. The number of piperidine rings is 1. The second kappa shape index (κ2) is 5.93. The molecule has 8 heteroatoms. The maximum Gasteiger partial charge on any atom is 0.279 e. The van der Waals surface area contributed by atoms with Gasteiger partial charge in [-0.3, -0.25) is 15.0 Å². The van der Waals surface area contributed by atoms with Crippen LogP contribution in [0.15, 0.2) is 30.3 Å². The molecule has 1 aromatic heterocycles. The first-order valence-corrected chi connectivity index (χ1v) is 12.2. The van der Waals surface area contributed by atoms with Gasteiger partial charge in [-0.1, -0.05) is 12.1 Å². The van der Waals surface area contributed by atoms with Gasteiger partial charge in [-0.2, -0.15) is 0 Å². The summed E-state index contributed by atoms with van der Waals surface area (Å²) >= 11 is 0. The van der Waals surface area contributed by atoms with E-state index in [1.54, 1.807) is 12.1 Å². The van der Waals surface area contributed by atoms with Gasteiger partial charge >= 0.3 is 0 Å². The molecule has 174 valence electrons. The van der Waals surface area contributed by atoms with Gasteiger partial charge in [0.25, 0.3) is 5.69 Å². The van der Waals surface area contributed by atoms with Crippen molar-refractivity contribution in [1.29, 1.82) is 0 Å². The molecule has 4 atom stereocenters. The SMILES string of the molecule is O=[N+]([O-])c1cccc2[nH]c3c(c12)C[C@@]1(O)[C@@H]2Cc4ccc(O)c5c4[C@@]1(CCN2CC1CC1)[C@H]3O5. The Morgan fingerprint density at radius 2 is 2.12 bits per heavy atom. The zero-order valence-corrected chi connectivity index (χ0v) is 18.6. The maximum absolute atomic E-state index is 12.8. The van der Waals surface area contributed by atoms with Gasteiger partial charge in [0.1, 0.15) is 0 Å². The van der Waals surface area contributed by atoms with Crippen LogP contribution in [-0.4, -0.2) is 49.8 Å². The molecule has 2 fully saturated rings. The fraction of sp³-hybridized carbons (Fsp3) is 0.462. The van der Waals surface area contributed by atoms with Crippen molar-refractivity contribution in [1.82, 2.24) is 9.88 Å². The molecule has 3 N–H and O–H groups in total. The van der Waals surface area contributed by atoms with Crippen LogP contribution in [0.3, 0.4) is 0 Å². The van der Waals surface area contributed by atoms with E-state index in [1.807, 2.05) is 12.1 Å². The number of rotatable bonds is 3. The van der Waals surface area contributed by atoms with Crippen molar-refractivity contribution < 1.29 is 19.9 Å². The number of H-pyrrole nitrogens is 1. The van der Waals surface area contributed by atoms with Crippen LogP contribution in [0.1, 0.15) is 47.8 Å². The average Bonchev–Trinajstić information content (AvgIpc) is 3.44. The Labute approximate surface area is 195 Å². The topological polar surface area (TPSA) is 112 Å². The zero-order valence-electron chi connectivity index (χ0n) is 18.6. The monoisotopic (exact) mass is 459 g/mol. The van der Waals surface area contributed by atoms with Crippen LogP contribution in [0.25, 0.3) is 10.9 Å². The van der Waals surface area contributed by atoms with Gasteiger partial charge in [0.15, 0.2) is 17.6 Å². The molecule has 8 nitrogen and oxygen atoms in total. The smallest absolute Gasteiger partial charge is 0.279 e. The Balaban J connectivity index is 1.43. The number of phenols is 1. The summed E-state index contributed by atoms with van der Waals surface area (Å²) in [6, 6.07) is 8.65. The van der Waals surface area contributed by atoms with Gasteiger partial charge in [-0.05, 0) is 61.4 Å². The Hall–Kier alpha value is -3.10. The third-order valence-electron chi connectivity index (χ3n) is 9.36. The molecule has 2 bridgehead atoms. The van der Waals surface area contributed by atoms with Crippen LogP contribution in [-0.2, 0) is 18.3 Å². The summed E-state index contributed by atoms with van der Waals surface area (Å²) in [7, 11) is 0. The lowest BCUT2D eigenvalue weighted by atomic mass is 9.49. The van der Waals surface area contributed by atoms with Crippen LogP contribution in [0.5, 0.6) is 11.5 Å². The number of nitro groups is 1. The lowest BCUT2D eigenvalue weighted by Gasteiger charge is -2.62. The number of nitrogens with one attached hydrogen (secondary N) is 1. The van der Waals surface area contributed by atoms with Gasteiger partial charge in [-0.25, -0.2) is 0 Å². The zero-order chi connectivity index (χ0) is 23.0. The van der Waals surface area contributed by atoms with E-state index in [0.717, 1.165) is 41.9 Å². The number of ether oxygens (including phenoxy) is 1. The molecule has 34 heavy (non-hydrogen) atoms. The normalized spacial score (nSPS) is 32.9. The van der Waals surface area contributed by atoms with Gasteiger partial charge in [-0.15, -0.1) is 0 Å². The number of aliphatic hydroxyl groups is 1. The third kappa shape index (κ3) is 2.04. The van der Waals surface area contributed by atoms with E-state index in [1.165, 1.54) is 18.9 Å². The summed E-state index contributed by atoms with van der Waals surface area (Å²) in [6.07, 6.45) is 3.69. The highest BCUT2D eigenvalue weighted by atomic mass is 16.6. The van der Waals surface area contributed by atoms with Crippen molar-refractivity contribution in [3.63, 3.8) is 0 Å². The van der Waals surface area contributed by atoms with Crippen molar-refractivity contribution in [3.05, 3.63) is 62.8 Å². The summed E-state index contributed by atoms with van der Waals surface area (Å²) in [5.74, 6) is 1.25. The number of aromatic nitrogens is 1. The molecule has 0 amide bonds. The highest BCUT2D eigenvalue weighted by molar-refractivity contribution is 5.94. The minimum absolute atomic E-state index is 0.0457. The lowest BCUT2D eigenvalue weighted by molar-refractivity contribution is -0.383. The van der Waals surface area contributed by atoms with Gasteiger partial charge in [0, 0.05) is 30.6 Å². The first-order chi connectivity index (χ1) is 16.4. The van der Waals surface area contributed by atoms with Gasteiger partial charge in [0.05, 0.1) is 32.5 Å². The third-order valence-corrected chi connectivity index (χ3v) is 9.36. The molecule has 2 aromatic carbocycles. The summed E-state index contributed by atoms with van der Waals surface area (Å²) < 4.78 is 6.53. The molecule has 1 spiro atoms. The van der Waals surface area contributed by atoms with Crippen molar-refractivity contribution in [2.75, 3.05) is 13.1 Å². The highest BCUT2D eigenvalue weighted by Gasteiger charge is 2.73. The van der Waals surface area contributed by atoms with Gasteiger partial charge in [0.2, 0.25) is 0 Å². The molecule has 2 aliphatic heterocycles. The largest absolute Gasteiger partial charge is 0.504 e. The number of hydrogen-bond donors (Lipinski definition) is 3. The van der Waals surface area contributed by atoms with Crippen LogP contribution in [0.4, 0.5) is 5.69 Å².